The monoisotopic (exact) mass is 216 g/mol. The number of ether oxygens (including phenoxy) is 1. The molecule has 1 rings (SSSR count). The molecular formula is C11H20O2S. The van der Waals surface area contributed by atoms with Crippen LogP contribution in [-0.2, 0) is 9.53 Å². The number of hydrogen-bond donors (Lipinski definition) is 0. The van der Waals surface area contributed by atoms with Crippen molar-refractivity contribution in [2.75, 3.05) is 0 Å². The van der Waals surface area contributed by atoms with E-state index in [1.807, 2.05) is 11.8 Å². The molecule has 0 amide bonds. The van der Waals surface area contributed by atoms with Crippen LogP contribution in [-0.4, -0.2) is 22.6 Å². The van der Waals surface area contributed by atoms with E-state index in [2.05, 4.69) is 20.8 Å². The Morgan fingerprint density at radius 1 is 1.50 bits per heavy atom. The molecule has 0 radical (unpaired) electrons. The lowest BCUT2D eigenvalue weighted by atomic mass is 9.94. The molecule has 1 aliphatic heterocycles. The quantitative estimate of drug-likeness (QED) is 0.664. The van der Waals surface area contributed by atoms with Crippen LogP contribution in [0.1, 0.15) is 40.5 Å². The molecule has 0 bridgehead atoms. The lowest BCUT2D eigenvalue weighted by Crippen LogP contribution is -2.38. The van der Waals surface area contributed by atoms with Crippen molar-refractivity contribution in [3.05, 3.63) is 0 Å². The predicted octanol–water partition coefficient (Wildman–Crippen LogP) is 2.86. The Labute approximate surface area is 90.8 Å². The summed E-state index contributed by atoms with van der Waals surface area (Å²) in [6.45, 7) is 8.12. The van der Waals surface area contributed by atoms with Gasteiger partial charge in [-0.15, -0.1) is 0 Å². The van der Waals surface area contributed by atoms with Gasteiger partial charge in [0.2, 0.25) is 0 Å². The molecule has 2 nitrogen and oxygen atoms in total. The van der Waals surface area contributed by atoms with Crippen LogP contribution in [0.3, 0.4) is 0 Å². The van der Waals surface area contributed by atoms with E-state index >= 15 is 0 Å². The molecule has 0 aromatic heterocycles. The highest BCUT2D eigenvalue weighted by atomic mass is 32.2. The van der Waals surface area contributed by atoms with E-state index in [9.17, 15) is 4.79 Å². The fourth-order valence-corrected chi connectivity index (χ4v) is 3.61. The number of carbonyl (C=O) groups excluding carboxylic acids is 1. The largest absolute Gasteiger partial charge is 0.462 e. The van der Waals surface area contributed by atoms with Gasteiger partial charge in [-0.05, 0) is 12.8 Å². The molecule has 1 heterocycles. The van der Waals surface area contributed by atoms with Crippen LogP contribution in [0.15, 0.2) is 0 Å². The molecule has 0 unspecified atom stereocenters. The molecule has 4 atom stereocenters. The minimum absolute atomic E-state index is 0.133. The highest BCUT2D eigenvalue weighted by Crippen LogP contribution is 2.38. The summed E-state index contributed by atoms with van der Waals surface area (Å²) in [4.78, 5) is 10.9. The maximum Gasteiger partial charge on any atom is 0.302 e. The van der Waals surface area contributed by atoms with Gasteiger partial charge in [-0.3, -0.25) is 4.79 Å². The van der Waals surface area contributed by atoms with Crippen LogP contribution in [0.5, 0.6) is 0 Å². The average Bonchev–Trinajstić information content (AvgIpc) is 2.09. The number of rotatable bonds is 2. The third-order valence-corrected chi connectivity index (χ3v) is 4.63. The van der Waals surface area contributed by atoms with Gasteiger partial charge in [-0.2, -0.15) is 11.8 Å². The van der Waals surface area contributed by atoms with Gasteiger partial charge in [0.15, 0.2) is 0 Å². The van der Waals surface area contributed by atoms with Gasteiger partial charge >= 0.3 is 5.97 Å². The van der Waals surface area contributed by atoms with Gasteiger partial charge in [0.05, 0.1) is 0 Å². The second-order valence-electron chi connectivity index (χ2n) is 4.14. The van der Waals surface area contributed by atoms with Crippen LogP contribution < -0.4 is 0 Å². The van der Waals surface area contributed by atoms with Gasteiger partial charge in [-0.25, -0.2) is 0 Å². The fraction of sp³-hybridized carbons (Fsp3) is 0.909. The summed E-state index contributed by atoms with van der Waals surface area (Å²) in [7, 11) is 0. The third kappa shape index (κ3) is 2.91. The second-order valence-corrected chi connectivity index (χ2v) is 5.82. The Balaban J connectivity index is 2.59. The normalized spacial score (nSPS) is 38.0. The Kier molecular flexibility index (Phi) is 4.30. The zero-order valence-corrected chi connectivity index (χ0v) is 10.3. The minimum atomic E-state index is -0.143. The second kappa shape index (κ2) is 5.06. The summed E-state index contributed by atoms with van der Waals surface area (Å²) in [5.74, 6) is 0.348. The molecule has 0 aliphatic carbocycles. The molecular weight excluding hydrogens is 196 g/mol. The third-order valence-electron chi connectivity index (χ3n) is 2.86. The first kappa shape index (κ1) is 11.9. The first-order chi connectivity index (χ1) is 6.54. The Morgan fingerprint density at radius 3 is 2.64 bits per heavy atom. The molecule has 0 aromatic carbocycles. The van der Waals surface area contributed by atoms with Crippen molar-refractivity contribution >= 4 is 17.7 Å². The van der Waals surface area contributed by atoms with Crippen molar-refractivity contribution in [2.45, 2.75) is 57.1 Å². The number of hydrogen-bond acceptors (Lipinski definition) is 3. The SMILES string of the molecule is CC[C@@H]1S[C@H](C)C[C@@H](OC(C)=O)[C@@H]1C. The molecule has 0 N–H and O–H groups in total. The lowest BCUT2D eigenvalue weighted by molar-refractivity contribution is -0.149. The van der Waals surface area contributed by atoms with Crippen LogP contribution in [0.2, 0.25) is 0 Å². The molecule has 3 heteroatoms. The average molecular weight is 216 g/mol. The standard InChI is InChI=1S/C11H20O2S/c1-5-11-8(3)10(13-9(4)12)6-7(2)14-11/h7-8,10-11H,5-6H2,1-4H3/t7-,8+,10-,11+/m1/s1. The van der Waals surface area contributed by atoms with Crippen molar-refractivity contribution in [1.29, 1.82) is 0 Å². The highest BCUT2D eigenvalue weighted by Gasteiger charge is 2.34. The Hall–Kier alpha value is -0.180. The maximum atomic E-state index is 10.9. The van der Waals surface area contributed by atoms with Crippen molar-refractivity contribution < 1.29 is 9.53 Å². The molecule has 0 aromatic rings. The summed E-state index contributed by atoms with van der Waals surface area (Å²) in [6, 6.07) is 0. The molecule has 1 fully saturated rings. The lowest BCUT2D eigenvalue weighted by Gasteiger charge is -2.37. The Morgan fingerprint density at radius 2 is 2.14 bits per heavy atom. The van der Waals surface area contributed by atoms with Crippen molar-refractivity contribution in [3.63, 3.8) is 0 Å². The van der Waals surface area contributed by atoms with E-state index in [1.54, 1.807) is 0 Å². The van der Waals surface area contributed by atoms with E-state index in [4.69, 9.17) is 4.74 Å². The first-order valence-electron chi connectivity index (χ1n) is 5.37. The summed E-state index contributed by atoms with van der Waals surface area (Å²) >= 11 is 2.03. The summed E-state index contributed by atoms with van der Waals surface area (Å²) in [5, 5.41) is 1.25. The summed E-state index contributed by atoms with van der Waals surface area (Å²) < 4.78 is 5.35. The fourth-order valence-electron chi connectivity index (χ4n) is 2.10. The minimum Gasteiger partial charge on any atom is -0.462 e. The predicted molar refractivity (Wildman–Crippen MR) is 60.5 cm³/mol. The molecule has 82 valence electrons. The summed E-state index contributed by atoms with van der Waals surface area (Å²) in [5.41, 5.74) is 0. The number of carbonyl (C=O) groups is 1. The molecule has 0 saturated carbocycles. The van der Waals surface area contributed by atoms with Crippen LogP contribution in [0.25, 0.3) is 0 Å². The van der Waals surface area contributed by atoms with E-state index in [0.29, 0.717) is 16.4 Å². The van der Waals surface area contributed by atoms with Gasteiger partial charge in [0.25, 0.3) is 0 Å². The highest BCUT2D eigenvalue weighted by molar-refractivity contribution is 8.00. The topological polar surface area (TPSA) is 26.3 Å². The van der Waals surface area contributed by atoms with Crippen molar-refractivity contribution in [1.82, 2.24) is 0 Å². The molecule has 0 spiro atoms. The molecule has 14 heavy (non-hydrogen) atoms. The van der Waals surface area contributed by atoms with Crippen molar-refractivity contribution in [3.8, 4) is 0 Å². The number of esters is 1. The van der Waals surface area contributed by atoms with Gasteiger partial charge in [0.1, 0.15) is 6.10 Å². The van der Waals surface area contributed by atoms with Crippen LogP contribution >= 0.6 is 11.8 Å². The summed E-state index contributed by atoms with van der Waals surface area (Å²) in [6.07, 6.45) is 2.30. The zero-order chi connectivity index (χ0) is 10.7. The van der Waals surface area contributed by atoms with Gasteiger partial charge < -0.3 is 4.74 Å². The van der Waals surface area contributed by atoms with Crippen LogP contribution in [0.4, 0.5) is 0 Å². The maximum absolute atomic E-state index is 10.9. The van der Waals surface area contributed by atoms with Crippen molar-refractivity contribution in [2.24, 2.45) is 5.92 Å². The first-order valence-corrected chi connectivity index (χ1v) is 6.31. The zero-order valence-electron chi connectivity index (χ0n) is 9.45. The van der Waals surface area contributed by atoms with E-state index in [1.165, 1.54) is 6.92 Å². The number of thioether (sulfide) groups is 1. The molecule has 1 aliphatic rings. The molecule has 1 saturated heterocycles. The smallest absolute Gasteiger partial charge is 0.302 e. The van der Waals surface area contributed by atoms with E-state index in [-0.39, 0.29) is 12.1 Å². The van der Waals surface area contributed by atoms with Crippen LogP contribution in [0, 0.1) is 5.92 Å². The Bertz CT molecular complexity index is 205. The van der Waals surface area contributed by atoms with E-state index < -0.39 is 0 Å². The van der Waals surface area contributed by atoms with E-state index in [0.717, 1.165) is 12.8 Å². The van der Waals surface area contributed by atoms with Gasteiger partial charge in [-0.1, -0.05) is 20.8 Å². The van der Waals surface area contributed by atoms with Gasteiger partial charge in [0, 0.05) is 23.3 Å².